The molecule has 0 aromatic heterocycles. The maximum atomic E-state index is 11.8. The fourth-order valence-corrected chi connectivity index (χ4v) is 1.42. The lowest BCUT2D eigenvalue weighted by Crippen LogP contribution is -2.44. The van der Waals surface area contributed by atoms with Crippen molar-refractivity contribution in [2.75, 3.05) is 0 Å². The molecule has 0 radical (unpaired) electrons. The summed E-state index contributed by atoms with van der Waals surface area (Å²) in [5.41, 5.74) is 5.91. The lowest BCUT2D eigenvalue weighted by atomic mass is 10.1. The Morgan fingerprint density at radius 3 is 2.59 bits per heavy atom. The standard InChI is InChI=1S/C11H14ClN3O2/c1-2-9(10(13)15-17)14-11(16)7-3-5-8(12)6-4-7/h3-6,9,17H,2H2,1H3,(H2,13,15)(H,14,16). The molecule has 1 rings (SSSR count). The van der Waals surface area contributed by atoms with Crippen molar-refractivity contribution >= 4 is 23.3 Å². The number of oxime groups is 1. The van der Waals surface area contributed by atoms with Gasteiger partial charge in [0, 0.05) is 10.6 Å². The second-order valence-corrected chi connectivity index (χ2v) is 3.90. The number of halogens is 1. The van der Waals surface area contributed by atoms with Crippen molar-refractivity contribution in [2.24, 2.45) is 10.9 Å². The predicted molar refractivity (Wildman–Crippen MR) is 66.4 cm³/mol. The molecule has 0 spiro atoms. The minimum Gasteiger partial charge on any atom is -0.409 e. The van der Waals surface area contributed by atoms with E-state index in [2.05, 4.69) is 10.5 Å². The predicted octanol–water partition coefficient (Wildman–Crippen LogP) is 1.59. The van der Waals surface area contributed by atoms with Gasteiger partial charge in [-0.2, -0.15) is 0 Å². The number of rotatable bonds is 4. The quantitative estimate of drug-likeness (QED) is 0.330. The van der Waals surface area contributed by atoms with Crippen molar-refractivity contribution in [3.63, 3.8) is 0 Å². The summed E-state index contributed by atoms with van der Waals surface area (Å²) < 4.78 is 0. The van der Waals surface area contributed by atoms with E-state index in [9.17, 15) is 4.79 Å². The summed E-state index contributed by atoms with van der Waals surface area (Å²) in [7, 11) is 0. The molecule has 0 fully saturated rings. The molecular weight excluding hydrogens is 242 g/mol. The van der Waals surface area contributed by atoms with Gasteiger partial charge in [0.25, 0.3) is 5.91 Å². The first kappa shape index (κ1) is 13.3. The van der Waals surface area contributed by atoms with Crippen LogP contribution in [0.25, 0.3) is 0 Å². The first-order valence-electron chi connectivity index (χ1n) is 5.12. The van der Waals surface area contributed by atoms with E-state index in [1.165, 1.54) is 0 Å². The Balaban J connectivity index is 2.74. The van der Waals surface area contributed by atoms with Crippen LogP contribution in [0, 0.1) is 0 Å². The Morgan fingerprint density at radius 1 is 1.53 bits per heavy atom. The van der Waals surface area contributed by atoms with Gasteiger partial charge in [-0.15, -0.1) is 0 Å². The van der Waals surface area contributed by atoms with Gasteiger partial charge in [-0.05, 0) is 30.7 Å². The van der Waals surface area contributed by atoms with Crippen LogP contribution in [0.2, 0.25) is 5.02 Å². The van der Waals surface area contributed by atoms with Gasteiger partial charge in [-0.1, -0.05) is 23.7 Å². The molecule has 5 nitrogen and oxygen atoms in total. The van der Waals surface area contributed by atoms with Gasteiger partial charge in [0.15, 0.2) is 5.84 Å². The normalized spacial score (nSPS) is 13.2. The number of nitrogens with two attached hydrogens (primary N) is 1. The highest BCUT2D eigenvalue weighted by Crippen LogP contribution is 2.09. The summed E-state index contributed by atoms with van der Waals surface area (Å²) in [4.78, 5) is 11.8. The highest BCUT2D eigenvalue weighted by Gasteiger charge is 2.15. The number of carbonyl (C=O) groups is 1. The van der Waals surface area contributed by atoms with E-state index in [-0.39, 0.29) is 11.7 Å². The summed E-state index contributed by atoms with van der Waals surface area (Å²) in [5.74, 6) is -0.310. The van der Waals surface area contributed by atoms with Crippen LogP contribution in [-0.2, 0) is 0 Å². The molecule has 0 aliphatic carbocycles. The first-order valence-corrected chi connectivity index (χ1v) is 5.50. The number of amidine groups is 1. The fourth-order valence-electron chi connectivity index (χ4n) is 1.30. The van der Waals surface area contributed by atoms with Crippen LogP contribution in [-0.4, -0.2) is 23.0 Å². The van der Waals surface area contributed by atoms with Gasteiger partial charge >= 0.3 is 0 Å². The number of benzene rings is 1. The van der Waals surface area contributed by atoms with Crippen LogP contribution in [0.15, 0.2) is 29.4 Å². The monoisotopic (exact) mass is 255 g/mol. The Hall–Kier alpha value is -1.75. The van der Waals surface area contributed by atoms with E-state index >= 15 is 0 Å². The van der Waals surface area contributed by atoms with Crippen LogP contribution < -0.4 is 11.1 Å². The fraction of sp³-hybridized carbons (Fsp3) is 0.273. The number of amides is 1. The number of hydrogen-bond donors (Lipinski definition) is 3. The minimum absolute atomic E-state index is 0.0187. The average molecular weight is 256 g/mol. The van der Waals surface area contributed by atoms with Gasteiger partial charge in [0.1, 0.15) is 0 Å². The van der Waals surface area contributed by atoms with E-state index in [4.69, 9.17) is 22.5 Å². The van der Waals surface area contributed by atoms with E-state index < -0.39 is 6.04 Å². The van der Waals surface area contributed by atoms with Crippen LogP contribution in [0.3, 0.4) is 0 Å². The summed E-state index contributed by atoms with van der Waals surface area (Å²) >= 11 is 5.72. The highest BCUT2D eigenvalue weighted by atomic mass is 35.5. The molecule has 1 aromatic carbocycles. The molecule has 4 N–H and O–H groups in total. The van der Waals surface area contributed by atoms with Crippen molar-refractivity contribution in [1.82, 2.24) is 5.32 Å². The third-order valence-corrected chi connectivity index (χ3v) is 2.54. The summed E-state index contributed by atoms with van der Waals surface area (Å²) in [6.07, 6.45) is 0.537. The molecule has 0 aliphatic rings. The molecule has 0 saturated carbocycles. The van der Waals surface area contributed by atoms with Crippen molar-refractivity contribution in [1.29, 1.82) is 0 Å². The molecule has 0 aliphatic heterocycles. The smallest absolute Gasteiger partial charge is 0.251 e. The van der Waals surface area contributed by atoms with Crippen LogP contribution in [0.1, 0.15) is 23.7 Å². The SMILES string of the molecule is CCC(NC(=O)c1ccc(Cl)cc1)/C(N)=N/O. The molecule has 1 atom stereocenters. The minimum atomic E-state index is -0.483. The number of nitrogens with zero attached hydrogens (tertiary/aromatic N) is 1. The van der Waals surface area contributed by atoms with Crippen LogP contribution in [0.4, 0.5) is 0 Å². The molecule has 1 amide bonds. The van der Waals surface area contributed by atoms with E-state index in [0.29, 0.717) is 17.0 Å². The molecule has 17 heavy (non-hydrogen) atoms. The summed E-state index contributed by atoms with van der Waals surface area (Å²) in [6.45, 7) is 1.82. The van der Waals surface area contributed by atoms with Crippen LogP contribution >= 0.6 is 11.6 Å². The highest BCUT2D eigenvalue weighted by molar-refractivity contribution is 6.30. The molecule has 1 aromatic rings. The second-order valence-electron chi connectivity index (χ2n) is 3.47. The first-order chi connectivity index (χ1) is 8.08. The van der Waals surface area contributed by atoms with Gasteiger partial charge < -0.3 is 16.3 Å². The van der Waals surface area contributed by atoms with Crippen molar-refractivity contribution in [2.45, 2.75) is 19.4 Å². The zero-order valence-electron chi connectivity index (χ0n) is 9.35. The van der Waals surface area contributed by atoms with E-state index in [1.807, 2.05) is 6.92 Å². The average Bonchev–Trinajstić information content (AvgIpc) is 2.35. The van der Waals surface area contributed by atoms with Crippen LogP contribution in [0.5, 0.6) is 0 Å². The molecule has 0 saturated heterocycles. The van der Waals surface area contributed by atoms with Crippen molar-refractivity contribution in [3.05, 3.63) is 34.9 Å². The third-order valence-electron chi connectivity index (χ3n) is 2.29. The Labute approximate surface area is 104 Å². The van der Waals surface area contributed by atoms with Crippen molar-refractivity contribution < 1.29 is 10.0 Å². The molecule has 0 bridgehead atoms. The molecule has 92 valence electrons. The maximum absolute atomic E-state index is 11.8. The maximum Gasteiger partial charge on any atom is 0.251 e. The van der Waals surface area contributed by atoms with Gasteiger partial charge in [0.2, 0.25) is 0 Å². The number of hydrogen-bond acceptors (Lipinski definition) is 3. The Kier molecular flexibility index (Phi) is 4.78. The largest absolute Gasteiger partial charge is 0.409 e. The summed E-state index contributed by atoms with van der Waals surface area (Å²) in [5, 5.41) is 14.6. The van der Waals surface area contributed by atoms with Crippen molar-refractivity contribution in [3.8, 4) is 0 Å². The molecule has 6 heteroatoms. The molecular formula is C11H14ClN3O2. The van der Waals surface area contributed by atoms with E-state index in [1.54, 1.807) is 24.3 Å². The number of carbonyl (C=O) groups excluding carboxylic acids is 1. The number of nitrogens with one attached hydrogen (secondary N) is 1. The zero-order chi connectivity index (χ0) is 12.8. The lowest BCUT2D eigenvalue weighted by Gasteiger charge is -2.15. The topological polar surface area (TPSA) is 87.7 Å². The molecule has 0 heterocycles. The van der Waals surface area contributed by atoms with E-state index in [0.717, 1.165) is 0 Å². The second kappa shape index (κ2) is 6.10. The third kappa shape index (κ3) is 3.64. The lowest BCUT2D eigenvalue weighted by molar-refractivity contribution is 0.0945. The van der Waals surface area contributed by atoms with Gasteiger partial charge in [-0.25, -0.2) is 0 Å². The summed E-state index contributed by atoms with van der Waals surface area (Å²) in [6, 6.07) is 5.98. The molecule has 1 unspecified atom stereocenters. The Bertz CT molecular complexity index is 417. The Morgan fingerprint density at radius 2 is 2.12 bits per heavy atom. The zero-order valence-corrected chi connectivity index (χ0v) is 10.1. The van der Waals surface area contributed by atoms with Gasteiger partial charge in [-0.3, -0.25) is 4.79 Å². The van der Waals surface area contributed by atoms with Gasteiger partial charge in [0.05, 0.1) is 6.04 Å².